The highest BCUT2D eigenvalue weighted by Gasteiger charge is 2.26. The van der Waals surface area contributed by atoms with E-state index < -0.39 is 0 Å². The number of benzene rings is 1. The van der Waals surface area contributed by atoms with Crippen LogP contribution < -0.4 is 0 Å². The summed E-state index contributed by atoms with van der Waals surface area (Å²) in [7, 11) is 0. The molecular weight excluding hydrogens is 268 g/mol. The van der Waals surface area contributed by atoms with Gasteiger partial charge in [-0.25, -0.2) is 0 Å². The summed E-state index contributed by atoms with van der Waals surface area (Å²) in [6.45, 7) is 6.19. The number of fused-ring (bicyclic) bond motifs is 1. The van der Waals surface area contributed by atoms with E-state index >= 15 is 0 Å². The Balaban J connectivity index is 1.81. The average molecular weight is 288 g/mol. The second-order valence-electron chi connectivity index (χ2n) is 5.92. The first-order valence-electron chi connectivity index (χ1n) is 7.06. The summed E-state index contributed by atoms with van der Waals surface area (Å²) in [6.07, 6.45) is 1.05. The minimum Gasteiger partial charge on any atom is -0.351 e. The van der Waals surface area contributed by atoms with Gasteiger partial charge in [0.05, 0.1) is 0 Å². The van der Waals surface area contributed by atoms with Crippen molar-refractivity contribution in [2.45, 2.75) is 25.0 Å². The lowest BCUT2D eigenvalue weighted by molar-refractivity contribution is 0.0759. The molecule has 1 amide bonds. The van der Waals surface area contributed by atoms with Gasteiger partial charge >= 0.3 is 0 Å². The number of aromatic nitrogens is 1. The van der Waals surface area contributed by atoms with Gasteiger partial charge in [-0.15, -0.1) is 0 Å². The molecule has 1 fully saturated rings. The molecule has 0 saturated carbocycles. The van der Waals surface area contributed by atoms with Gasteiger partial charge in [-0.2, -0.15) is 11.8 Å². The zero-order chi connectivity index (χ0) is 14.2. The van der Waals surface area contributed by atoms with E-state index in [2.05, 4.69) is 18.8 Å². The third-order valence-corrected chi connectivity index (χ3v) is 5.26. The molecule has 4 heteroatoms. The Morgan fingerprint density at radius 1 is 1.30 bits per heavy atom. The van der Waals surface area contributed by atoms with Gasteiger partial charge in [-0.05, 0) is 18.6 Å². The topological polar surface area (TPSA) is 36.1 Å². The molecule has 2 aromatic rings. The lowest BCUT2D eigenvalue weighted by Gasteiger charge is -2.22. The zero-order valence-corrected chi connectivity index (χ0v) is 12.8. The van der Waals surface area contributed by atoms with Crippen molar-refractivity contribution in [3.8, 4) is 0 Å². The Morgan fingerprint density at radius 2 is 2.10 bits per heavy atom. The van der Waals surface area contributed by atoms with E-state index in [9.17, 15) is 4.79 Å². The van der Waals surface area contributed by atoms with E-state index in [1.165, 1.54) is 0 Å². The van der Waals surface area contributed by atoms with E-state index in [0.717, 1.165) is 36.2 Å². The summed E-state index contributed by atoms with van der Waals surface area (Å²) in [5.41, 5.74) is 1.73. The van der Waals surface area contributed by atoms with Crippen LogP contribution in [0.1, 0.15) is 30.8 Å². The fourth-order valence-electron chi connectivity index (χ4n) is 2.58. The number of para-hydroxylation sites is 1. The normalized spacial score (nSPS) is 19.0. The summed E-state index contributed by atoms with van der Waals surface area (Å²) in [4.78, 5) is 17.8. The first-order chi connectivity index (χ1) is 9.55. The van der Waals surface area contributed by atoms with Crippen LogP contribution in [0.5, 0.6) is 0 Å². The van der Waals surface area contributed by atoms with E-state index in [4.69, 9.17) is 0 Å². The van der Waals surface area contributed by atoms with Crippen LogP contribution in [0.2, 0.25) is 0 Å². The molecule has 1 aliphatic heterocycles. The lowest BCUT2D eigenvalue weighted by atomic mass is 10.1. The molecule has 20 heavy (non-hydrogen) atoms. The number of amides is 1. The number of carbonyl (C=O) groups is 1. The van der Waals surface area contributed by atoms with Crippen LogP contribution in [0.3, 0.4) is 0 Å². The van der Waals surface area contributed by atoms with Gasteiger partial charge in [0.1, 0.15) is 5.69 Å². The van der Waals surface area contributed by atoms with Crippen molar-refractivity contribution in [2.24, 2.45) is 0 Å². The summed E-state index contributed by atoms with van der Waals surface area (Å²) < 4.78 is 0.273. The maximum absolute atomic E-state index is 12.6. The van der Waals surface area contributed by atoms with E-state index in [1.54, 1.807) is 0 Å². The third-order valence-electron chi connectivity index (χ3n) is 3.89. The molecule has 1 aliphatic rings. The SMILES string of the molecule is CC1(C)CCN(C(=O)c2cc3ccccc3[nH]2)CCS1. The number of hydrogen-bond donors (Lipinski definition) is 1. The van der Waals surface area contributed by atoms with Gasteiger partial charge in [-0.1, -0.05) is 32.0 Å². The van der Waals surface area contributed by atoms with Crippen LogP contribution in [-0.4, -0.2) is 39.4 Å². The Morgan fingerprint density at radius 3 is 2.90 bits per heavy atom. The number of nitrogens with one attached hydrogen (secondary N) is 1. The maximum Gasteiger partial charge on any atom is 0.270 e. The summed E-state index contributed by atoms with van der Waals surface area (Å²) >= 11 is 1.96. The highest BCUT2D eigenvalue weighted by molar-refractivity contribution is 8.00. The predicted octanol–water partition coefficient (Wildman–Crippen LogP) is 3.53. The van der Waals surface area contributed by atoms with Crippen LogP contribution in [0, 0.1) is 0 Å². The summed E-state index contributed by atoms with van der Waals surface area (Å²) in [5.74, 6) is 1.14. The Kier molecular flexibility index (Phi) is 3.50. The van der Waals surface area contributed by atoms with Crippen LogP contribution in [0.15, 0.2) is 30.3 Å². The van der Waals surface area contributed by atoms with Crippen molar-refractivity contribution in [3.63, 3.8) is 0 Å². The van der Waals surface area contributed by atoms with E-state index in [1.807, 2.05) is 47.0 Å². The molecule has 0 aliphatic carbocycles. The summed E-state index contributed by atoms with van der Waals surface area (Å²) in [6, 6.07) is 9.98. The average Bonchev–Trinajstić information content (AvgIpc) is 2.77. The van der Waals surface area contributed by atoms with Gasteiger partial charge in [0.25, 0.3) is 5.91 Å². The molecule has 0 atom stereocenters. The number of rotatable bonds is 1. The third kappa shape index (κ3) is 2.70. The second kappa shape index (κ2) is 5.17. The number of thioether (sulfide) groups is 1. The first-order valence-corrected chi connectivity index (χ1v) is 8.05. The van der Waals surface area contributed by atoms with Gasteiger partial charge in [0.15, 0.2) is 0 Å². The highest BCUT2D eigenvalue weighted by Crippen LogP contribution is 2.31. The van der Waals surface area contributed by atoms with Crippen LogP contribution >= 0.6 is 11.8 Å². The van der Waals surface area contributed by atoms with Crippen molar-refractivity contribution < 1.29 is 4.79 Å². The van der Waals surface area contributed by atoms with Gasteiger partial charge in [0.2, 0.25) is 0 Å². The predicted molar refractivity (Wildman–Crippen MR) is 85.4 cm³/mol. The fraction of sp³-hybridized carbons (Fsp3) is 0.438. The molecule has 106 valence electrons. The quantitative estimate of drug-likeness (QED) is 0.871. The van der Waals surface area contributed by atoms with Crippen LogP contribution in [0.25, 0.3) is 10.9 Å². The van der Waals surface area contributed by atoms with Gasteiger partial charge in [-0.3, -0.25) is 4.79 Å². The monoisotopic (exact) mass is 288 g/mol. The molecule has 0 spiro atoms. The van der Waals surface area contributed by atoms with E-state index in [0.29, 0.717) is 5.69 Å². The standard InChI is InChI=1S/C16H20N2OS/c1-16(2)7-8-18(9-10-20-16)15(19)14-11-12-5-3-4-6-13(12)17-14/h3-6,11,17H,7-10H2,1-2H3. The fourth-order valence-corrected chi connectivity index (χ4v) is 3.68. The molecule has 1 aromatic carbocycles. The molecular formula is C16H20N2OS. The number of carbonyl (C=O) groups excluding carboxylic acids is 1. The van der Waals surface area contributed by atoms with Gasteiger partial charge < -0.3 is 9.88 Å². The number of aromatic amines is 1. The highest BCUT2D eigenvalue weighted by atomic mass is 32.2. The van der Waals surface area contributed by atoms with Crippen molar-refractivity contribution in [1.29, 1.82) is 0 Å². The molecule has 0 bridgehead atoms. The van der Waals surface area contributed by atoms with Crippen molar-refractivity contribution in [3.05, 3.63) is 36.0 Å². The largest absolute Gasteiger partial charge is 0.351 e. The Labute approximate surface area is 123 Å². The van der Waals surface area contributed by atoms with Crippen LogP contribution in [-0.2, 0) is 0 Å². The number of hydrogen-bond acceptors (Lipinski definition) is 2. The molecule has 1 saturated heterocycles. The first kappa shape index (κ1) is 13.6. The maximum atomic E-state index is 12.6. The number of nitrogens with zero attached hydrogens (tertiary/aromatic N) is 1. The van der Waals surface area contributed by atoms with Crippen molar-refractivity contribution >= 4 is 28.6 Å². The molecule has 1 N–H and O–H groups in total. The smallest absolute Gasteiger partial charge is 0.270 e. The van der Waals surface area contributed by atoms with Crippen molar-refractivity contribution in [2.75, 3.05) is 18.8 Å². The molecule has 2 heterocycles. The number of H-pyrrole nitrogens is 1. The Bertz CT molecular complexity index is 599. The lowest BCUT2D eigenvalue weighted by Crippen LogP contribution is -2.33. The van der Waals surface area contributed by atoms with Gasteiger partial charge in [0, 0.05) is 34.5 Å². The van der Waals surface area contributed by atoms with Crippen molar-refractivity contribution in [1.82, 2.24) is 9.88 Å². The van der Waals surface area contributed by atoms with Crippen LogP contribution in [0.4, 0.5) is 0 Å². The molecule has 3 nitrogen and oxygen atoms in total. The second-order valence-corrected chi connectivity index (χ2v) is 7.72. The molecule has 1 aromatic heterocycles. The molecule has 3 rings (SSSR count). The van der Waals surface area contributed by atoms with E-state index in [-0.39, 0.29) is 10.7 Å². The zero-order valence-electron chi connectivity index (χ0n) is 12.0. The molecule has 0 radical (unpaired) electrons. The minimum atomic E-state index is 0.125. The minimum absolute atomic E-state index is 0.125. The summed E-state index contributed by atoms with van der Waals surface area (Å²) in [5, 5.41) is 1.10. The molecule has 0 unspecified atom stereocenters. The Hall–Kier alpha value is -1.42.